The van der Waals surface area contributed by atoms with Crippen molar-refractivity contribution in [1.29, 1.82) is 0 Å². The van der Waals surface area contributed by atoms with Gasteiger partial charge in [0, 0.05) is 17.5 Å². The van der Waals surface area contributed by atoms with Crippen molar-refractivity contribution in [2.45, 2.75) is 31.2 Å². The van der Waals surface area contributed by atoms with E-state index in [1.54, 1.807) is 36.0 Å². The molecular formula is C20H25N3O2S. The topological polar surface area (TPSA) is 70.2 Å². The van der Waals surface area contributed by atoms with Crippen LogP contribution in [0.5, 0.6) is 0 Å². The summed E-state index contributed by atoms with van der Waals surface area (Å²) in [6.45, 7) is 4.35. The molecule has 0 radical (unpaired) electrons. The Labute approximate surface area is 159 Å². The fraction of sp³-hybridized carbons (Fsp3) is 0.300. The van der Waals surface area contributed by atoms with Crippen molar-refractivity contribution in [3.63, 3.8) is 0 Å². The third-order valence-corrected chi connectivity index (χ3v) is 4.56. The number of hydrogen-bond acceptors (Lipinski definition) is 3. The maximum absolute atomic E-state index is 12.4. The fourth-order valence-electron chi connectivity index (χ4n) is 2.29. The third kappa shape index (κ3) is 6.80. The number of amides is 3. The number of hydrogen-bond donors (Lipinski definition) is 3. The van der Waals surface area contributed by atoms with Gasteiger partial charge in [-0.15, -0.1) is 11.8 Å². The van der Waals surface area contributed by atoms with Crippen molar-refractivity contribution in [2.75, 3.05) is 17.6 Å². The molecule has 0 unspecified atom stereocenters. The molecule has 5 nitrogen and oxygen atoms in total. The van der Waals surface area contributed by atoms with Gasteiger partial charge in [-0.05, 0) is 50.3 Å². The van der Waals surface area contributed by atoms with E-state index in [4.69, 9.17) is 0 Å². The lowest BCUT2D eigenvalue weighted by Gasteiger charge is -2.13. The Hall–Kier alpha value is -2.47. The van der Waals surface area contributed by atoms with E-state index in [2.05, 4.69) is 28.1 Å². The van der Waals surface area contributed by atoms with Gasteiger partial charge in [0.25, 0.3) is 5.91 Å². The quantitative estimate of drug-likeness (QED) is 0.483. The van der Waals surface area contributed by atoms with Crippen LogP contribution in [0, 0.1) is 0 Å². The number of carbonyl (C=O) groups excluding carboxylic acids is 2. The Morgan fingerprint density at radius 3 is 2.42 bits per heavy atom. The molecule has 2 aromatic carbocycles. The maximum Gasteiger partial charge on any atom is 0.319 e. The summed E-state index contributed by atoms with van der Waals surface area (Å²) in [5, 5.41) is 8.39. The first-order valence-corrected chi connectivity index (χ1v) is 9.67. The van der Waals surface area contributed by atoms with Gasteiger partial charge in [-0.2, -0.15) is 0 Å². The second kappa shape index (κ2) is 10.5. The average Bonchev–Trinajstić information content (AvgIpc) is 2.62. The summed E-state index contributed by atoms with van der Waals surface area (Å²) in [6.07, 6.45) is 0.870. The SMILES string of the molecule is CC(C)NC(=O)Nc1ccccc1C(=O)NCCCSc1ccccc1. The standard InChI is InChI=1S/C20H25N3O2S/c1-15(2)22-20(25)23-18-12-7-6-11-17(18)19(24)21-13-8-14-26-16-9-4-3-5-10-16/h3-7,9-12,15H,8,13-14H2,1-2H3,(H,21,24)(H2,22,23,25). The average molecular weight is 372 g/mol. The van der Waals surface area contributed by atoms with Gasteiger partial charge in [-0.25, -0.2) is 4.79 Å². The second-order valence-electron chi connectivity index (χ2n) is 6.07. The zero-order valence-corrected chi connectivity index (χ0v) is 15.9. The molecule has 0 aromatic heterocycles. The number of carbonyl (C=O) groups is 2. The molecule has 2 rings (SSSR count). The van der Waals surface area contributed by atoms with Gasteiger partial charge in [0.2, 0.25) is 0 Å². The minimum atomic E-state index is -0.320. The van der Waals surface area contributed by atoms with Gasteiger partial charge in [0.1, 0.15) is 0 Å². The highest BCUT2D eigenvalue weighted by atomic mass is 32.2. The van der Waals surface area contributed by atoms with Crippen LogP contribution >= 0.6 is 11.8 Å². The third-order valence-electron chi connectivity index (χ3n) is 3.46. The van der Waals surface area contributed by atoms with Crippen molar-refractivity contribution in [1.82, 2.24) is 10.6 Å². The number of nitrogens with one attached hydrogen (secondary N) is 3. The van der Waals surface area contributed by atoms with E-state index in [0.717, 1.165) is 12.2 Å². The van der Waals surface area contributed by atoms with Crippen LogP contribution in [0.4, 0.5) is 10.5 Å². The van der Waals surface area contributed by atoms with Crippen LogP contribution < -0.4 is 16.0 Å². The molecule has 3 amide bonds. The number of thioether (sulfide) groups is 1. The highest BCUT2D eigenvalue weighted by Gasteiger charge is 2.12. The molecule has 0 fully saturated rings. The zero-order valence-electron chi connectivity index (χ0n) is 15.1. The monoisotopic (exact) mass is 371 g/mol. The van der Waals surface area contributed by atoms with Gasteiger partial charge >= 0.3 is 6.03 Å². The molecule has 0 heterocycles. The predicted molar refractivity (Wildman–Crippen MR) is 108 cm³/mol. The Morgan fingerprint density at radius 2 is 1.69 bits per heavy atom. The number of rotatable bonds is 8. The molecule has 0 aliphatic rings. The molecule has 3 N–H and O–H groups in total. The molecule has 0 bridgehead atoms. The van der Waals surface area contributed by atoms with Crippen LogP contribution in [-0.2, 0) is 0 Å². The molecule has 2 aromatic rings. The number of anilines is 1. The van der Waals surface area contributed by atoms with Crippen LogP contribution in [0.2, 0.25) is 0 Å². The smallest absolute Gasteiger partial charge is 0.319 e. The molecule has 0 saturated carbocycles. The minimum absolute atomic E-state index is 0.0260. The van der Waals surface area contributed by atoms with Crippen LogP contribution in [0.3, 0.4) is 0 Å². The summed E-state index contributed by atoms with van der Waals surface area (Å²) in [6, 6.07) is 16.9. The van der Waals surface area contributed by atoms with Crippen molar-refractivity contribution in [3.05, 3.63) is 60.2 Å². The van der Waals surface area contributed by atoms with Crippen molar-refractivity contribution in [2.24, 2.45) is 0 Å². The molecule has 0 aliphatic heterocycles. The zero-order chi connectivity index (χ0) is 18.8. The first-order valence-electron chi connectivity index (χ1n) is 8.69. The summed E-state index contributed by atoms with van der Waals surface area (Å²) in [4.78, 5) is 25.5. The lowest BCUT2D eigenvalue weighted by atomic mass is 10.1. The summed E-state index contributed by atoms with van der Waals surface area (Å²) in [7, 11) is 0. The van der Waals surface area contributed by atoms with E-state index in [9.17, 15) is 9.59 Å². The van der Waals surface area contributed by atoms with Crippen LogP contribution in [-0.4, -0.2) is 30.3 Å². The van der Waals surface area contributed by atoms with E-state index in [1.165, 1.54) is 4.90 Å². The minimum Gasteiger partial charge on any atom is -0.352 e. The number of urea groups is 1. The molecule has 0 atom stereocenters. The second-order valence-corrected chi connectivity index (χ2v) is 7.24. The summed E-state index contributed by atoms with van der Waals surface area (Å²) in [5.41, 5.74) is 0.962. The molecule has 0 saturated heterocycles. The Bertz CT molecular complexity index is 720. The van der Waals surface area contributed by atoms with Crippen LogP contribution in [0.25, 0.3) is 0 Å². The predicted octanol–water partition coefficient (Wildman–Crippen LogP) is 4.13. The van der Waals surface area contributed by atoms with Gasteiger partial charge in [-0.3, -0.25) is 4.79 Å². The summed E-state index contributed by atoms with van der Waals surface area (Å²) < 4.78 is 0. The molecule has 26 heavy (non-hydrogen) atoms. The van der Waals surface area contributed by atoms with Gasteiger partial charge < -0.3 is 16.0 Å². The van der Waals surface area contributed by atoms with Crippen molar-refractivity contribution >= 4 is 29.4 Å². The largest absolute Gasteiger partial charge is 0.352 e. The highest BCUT2D eigenvalue weighted by molar-refractivity contribution is 7.99. The van der Waals surface area contributed by atoms with E-state index in [1.807, 2.05) is 32.0 Å². The molecule has 0 aliphatic carbocycles. The molecule has 138 valence electrons. The Balaban J connectivity index is 1.80. The van der Waals surface area contributed by atoms with Crippen molar-refractivity contribution in [3.8, 4) is 0 Å². The molecule has 0 spiro atoms. The Kier molecular flexibility index (Phi) is 8.02. The first kappa shape index (κ1) is 19.8. The van der Waals surface area contributed by atoms with Gasteiger partial charge in [-0.1, -0.05) is 30.3 Å². The van der Waals surface area contributed by atoms with Crippen molar-refractivity contribution < 1.29 is 9.59 Å². The fourth-order valence-corrected chi connectivity index (χ4v) is 3.16. The van der Waals surface area contributed by atoms with E-state index in [0.29, 0.717) is 17.8 Å². The van der Waals surface area contributed by atoms with E-state index < -0.39 is 0 Å². The van der Waals surface area contributed by atoms with Gasteiger partial charge in [0.15, 0.2) is 0 Å². The Morgan fingerprint density at radius 1 is 1.00 bits per heavy atom. The number of para-hydroxylation sites is 1. The highest BCUT2D eigenvalue weighted by Crippen LogP contribution is 2.18. The van der Waals surface area contributed by atoms with Crippen LogP contribution in [0.15, 0.2) is 59.5 Å². The molecule has 6 heteroatoms. The molecular weight excluding hydrogens is 346 g/mol. The maximum atomic E-state index is 12.4. The van der Waals surface area contributed by atoms with E-state index >= 15 is 0 Å². The summed E-state index contributed by atoms with van der Waals surface area (Å²) in [5.74, 6) is 0.746. The van der Waals surface area contributed by atoms with E-state index in [-0.39, 0.29) is 18.0 Å². The lowest BCUT2D eigenvalue weighted by Crippen LogP contribution is -2.35. The van der Waals surface area contributed by atoms with Crippen LogP contribution in [0.1, 0.15) is 30.6 Å². The lowest BCUT2D eigenvalue weighted by molar-refractivity contribution is 0.0954. The number of benzene rings is 2. The first-order chi connectivity index (χ1) is 12.6. The summed E-state index contributed by atoms with van der Waals surface area (Å²) >= 11 is 1.77. The normalized spacial score (nSPS) is 10.4. The van der Waals surface area contributed by atoms with Gasteiger partial charge in [0.05, 0.1) is 11.3 Å².